The lowest BCUT2D eigenvalue weighted by Gasteiger charge is -2.48. The van der Waals surface area contributed by atoms with Gasteiger partial charge in [0.25, 0.3) is 0 Å². The molecule has 0 heterocycles. The summed E-state index contributed by atoms with van der Waals surface area (Å²) in [5.74, 6) is 0. The normalized spacial score (nSPS) is 35.3. The van der Waals surface area contributed by atoms with Crippen LogP contribution in [0.25, 0.3) is 0 Å². The summed E-state index contributed by atoms with van der Waals surface area (Å²) >= 11 is 0. The number of hydrogen-bond acceptors (Lipinski definition) is 3. The molecular weight excluding hydrogens is 168 g/mol. The first kappa shape index (κ1) is 10.4. The number of hydrogen-bond donors (Lipinski definition) is 2. The Kier molecular flexibility index (Phi) is 2.91. The Balaban J connectivity index is 2.59. The molecule has 3 heteroatoms. The van der Waals surface area contributed by atoms with Crippen molar-refractivity contribution in [3.05, 3.63) is 24.8 Å². The quantitative estimate of drug-likeness (QED) is 0.630. The minimum absolute atomic E-state index is 0.349. The van der Waals surface area contributed by atoms with Crippen molar-refractivity contribution < 1.29 is 14.9 Å². The van der Waals surface area contributed by atoms with Crippen LogP contribution in [0.15, 0.2) is 24.8 Å². The molecule has 1 saturated carbocycles. The average molecular weight is 184 g/mol. The van der Waals surface area contributed by atoms with E-state index in [1.54, 1.807) is 6.08 Å². The van der Waals surface area contributed by atoms with Crippen LogP contribution in [-0.4, -0.2) is 34.6 Å². The predicted octanol–water partition coefficient (Wildman–Crippen LogP) is 0.629. The van der Waals surface area contributed by atoms with Gasteiger partial charge in [0.1, 0.15) is 5.60 Å². The molecule has 1 aliphatic rings. The van der Waals surface area contributed by atoms with E-state index in [9.17, 15) is 10.2 Å². The van der Waals surface area contributed by atoms with Gasteiger partial charge in [-0.2, -0.15) is 0 Å². The summed E-state index contributed by atoms with van der Waals surface area (Å²) in [7, 11) is 0. The van der Waals surface area contributed by atoms with Crippen molar-refractivity contribution in [2.45, 2.75) is 31.2 Å². The molecule has 3 nitrogen and oxygen atoms in total. The number of aliphatic hydroxyl groups excluding tert-OH is 1. The molecule has 0 bridgehead atoms. The van der Waals surface area contributed by atoms with Crippen molar-refractivity contribution in [3.63, 3.8) is 0 Å². The lowest BCUT2D eigenvalue weighted by molar-refractivity contribution is -0.171. The zero-order valence-electron chi connectivity index (χ0n) is 7.86. The Morgan fingerprint density at radius 2 is 2.46 bits per heavy atom. The molecule has 0 radical (unpaired) electrons. The SMILES string of the molecule is C=CCOC1CC(=C)C1(O)C(C)O. The summed E-state index contributed by atoms with van der Waals surface area (Å²) in [5, 5.41) is 19.3. The molecule has 2 N–H and O–H groups in total. The molecule has 0 amide bonds. The largest absolute Gasteiger partial charge is 0.390 e. The van der Waals surface area contributed by atoms with Crippen molar-refractivity contribution in [1.29, 1.82) is 0 Å². The number of rotatable bonds is 4. The highest BCUT2D eigenvalue weighted by molar-refractivity contribution is 5.30. The van der Waals surface area contributed by atoms with Gasteiger partial charge in [-0.05, 0) is 12.5 Å². The van der Waals surface area contributed by atoms with Crippen LogP contribution >= 0.6 is 0 Å². The molecule has 1 aliphatic carbocycles. The van der Waals surface area contributed by atoms with Crippen LogP contribution in [0.2, 0.25) is 0 Å². The Bertz CT molecular complexity index is 222. The third-order valence-electron chi connectivity index (χ3n) is 2.54. The van der Waals surface area contributed by atoms with Gasteiger partial charge in [-0.15, -0.1) is 6.58 Å². The lowest BCUT2D eigenvalue weighted by Crippen LogP contribution is -2.61. The van der Waals surface area contributed by atoms with Gasteiger partial charge in [-0.1, -0.05) is 12.7 Å². The molecule has 0 saturated heterocycles. The van der Waals surface area contributed by atoms with Crippen molar-refractivity contribution in [2.24, 2.45) is 0 Å². The maximum atomic E-state index is 9.93. The molecule has 3 atom stereocenters. The van der Waals surface area contributed by atoms with Crippen LogP contribution in [0.4, 0.5) is 0 Å². The fraction of sp³-hybridized carbons (Fsp3) is 0.600. The lowest BCUT2D eigenvalue weighted by atomic mass is 9.69. The minimum Gasteiger partial charge on any atom is -0.390 e. The molecule has 1 rings (SSSR count). The van der Waals surface area contributed by atoms with Crippen LogP contribution in [0.5, 0.6) is 0 Å². The predicted molar refractivity (Wildman–Crippen MR) is 50.3 cm³/mol. The average Bonchev–Trinajstić information content (AvgIpc) is 2.10. The number of aliphatic hydroxyl groups is 2. The van der Waals surface area contributed by atoms with Gasteiger partial charge >= 0.3 is 0 Å². The zero-order valence-corrected chi connectivity index (χ0v) is 7.86. The minimum atomic E-state index is -1.26. The maximum Gasteiger partial charge on any atom is 0.137 e. The van der Waals surface area contributed by atoms with Gasteiger partial charge in [0.05, 0.1) is 18.8 Å². The van der Waals surface area contributed by atoms with Crippen molar-refractivity contribution in [1.82, 2.24) is 0 Å². The summed E-state index contributed by atoms with van der Waals surface area (Å²) in [4.78, 5) is 0. The first-order valence-corrected chi connectivity index (χ1v) is 4.34. The third-order valence-corrected chi connectivity index (χ3v) is 2.54. The van der Waals surface area contributed by atoms with Gasteiger partial charge in [-0.3, -0.25) is 0 Å². The maximum absolute atomic E-state index is 9.93. The fourth-order valence-electron chi connectivity index (χ4n) is 1.57. The third kappa shape index (κ3) is 1.55. The van der Waals surface area contributed by atoms with E-state index in [1.807, 2.05) is 0 Å². The molecule has 3 unspecified atom stereocenters. The fourth-order valence-corrected chi connectivity index (χ4v) is 1.57. The molecule has 0 aromatic heterocycles. The van der Waals surface area contributed by atoms with Crippen LogP contribution in [0.1, 0.15) is 13.3 Å². The Morgan fingerprint density at radius 3 is 2.85 bits per heavy atom. The second kappa shape index (κ2) is 3.62. The second-order valence-electron chi connectivity index (χ2n) is 3.42. The van der Waals surface area contributed by atoms with Crippen LogP contribution in [0, 0.1) is 0 Å². The van der Waals surface area contributed by atoms with E-state index in [2.05, 4.69) is 13.2 Å². The Hall–Kier alpha value is -0.640. The monoisotopic (exact) mass is 184 g/mol. The highest BCUT2D eigenvalue weighted by Crippen LogP contribution is 2.41. The molecule has 0 aliphatic heterocycles. The van der Waals surface area contributed by atoms with E-state index in [1.165, 1.54) is 6.92 Å². The van der Waals surface area contributed by atoms with Gasteiger partial charge in [0.15, 0.2) is 0 Å². The molecular formula is C10H16O3. The van der Waals surface area contributed by atoms with Crippen LogP contribution in [0.3, 0.4) is 0 Å². The smallest absolute Gasteiger partial charge is 0.137 e. The highest BCUT2D eigenvalue weighted by atomic mass is 16.5. The molecule has 0 aromatic rings. The topological polar surface area (TPSA) is 49.7 Å². The van der Waals surface area contributed by atoms with Crippen molar-refractivity contribution >= 4 is 0 Å². The first-order chi connectivity index (χ1) is 6.03. The zero-order chi connectivity index (χ0) is 10.1. The highest BCUT2D eigenvalue weighted by Gasteiger charge is 2.53. The summed E-state index contributed by atoms with van der Waals surface area (Å²) < 4.78 is 5.29. The van der Waals surface area contributed by atoms with Crippen molar-refractivity contribution in [3.8, 4) is 0 Å². The molecule has 1 fully saturated rings. The van der Waals surface area contributed by atoms with Crippen LogP contribution in [-0.2, 0) is 4.74 Å². The molecule has 0 aromatic carbocycles. The van der Waals surface area contributed by atoms with Gasteiger partial charge < -0.3 is 14.9 Å². The van der Waals surface area contributed by atoms with E-state index in [0.717, 1.165) is 0 Å². The first-order valence-electron chi connectivity index (χ1n) is 4.34. The molecule has 0 spiro atoms. The second-order valence-corrected chi connectivity index (χ2v) is 3.42. The van der Waals surface area contributed by atoms with E-state index >= 15 is 0 Å². The summed E-state index contributed by atoms with van der Waals surface area (Å²) in [5.41, 5.74) is -0.625. The molecule has 74 valence electrons. The van der Waals surface area contributed by atoms with E-state index in [-0.39, 0.29) is 6.10 Å². The summed E-state index contributed by atoms with van der Waals surface area (Å²) in [6.07, 6.45) is 1.03. The van der Waals surface area contributed by atoms with E-state index in [0.29, 0.717) is 18.6 Å². The van der Waals surface area contributed by atoms with Gasteiger partial charge in [-0.25, -0.2) is 0 Å². The van der Waals surface area contributed by atoms with E-state index < -0.39 is 11.7 Å². The molecule has 13 heavy (non-hydrogen) atoms. The summed E-state index contributed by atoms with van der Waals surface area (Å²) in [6.45, 7) is 9.11. The van der Waals surface area contributed by atoms with Crippen LogP contribution < -0.4 is 0 Å². The van der Waals surface area contributed by atoms with Crippen molar-refractivity contribution in [2.75, 3.05) is 6.61 Å². The summed E-state index contributed by atoms with van der Waals surface area (Å²) in [6, 6.07) is 0. The van der Waals surface area contributed by atoms with Gasteiger partial charge in [0.2, 0.25) is 0 Å². The van der Waals surface area contributed by atoms with Gasteiger partial charge in [0, 0.05) is 6.42 Å². The Labute approximate surface area is 78.3 Å². The van der Waals surface area contributed by atoms with E-state index in [4.69, 9.17) is 4.74 Å². The Morgan fingerprint density at radius 1 is 1.85 bits per heavy atom. The standard InChI is InChI=1S/C10H16O3/c1-4-5-13-9-6-7(2)10(9,12)8(3)11/h4,8-9,11-12H,1-2,5-6H2,3H3. The number of ether oxygens (including phenoxy) is 1.